The molecule has 1 saturated heterocycles. The van der Waals surface area contributed by atoms with E-state index in [0.717, 1.165) is 38.3 Å². The Balaban J connectivity index is 1.12. The molecule has 0 bridgehead atoms. The standard InChI is InChI=1S/C61H55BrN2O9/c62-54-53(58(66)64(59(54)67)42-68-36-44-21-9-2-10-22-44)51-35-63(52-32-31-49(33-50(51)52)69-37-45-23-11-3-12-24-45)60-56(71-39-47-27-15-5-16-28-47)55(70-38-46-25-13-4-14-26-46)57(72-40-48-29-17-6-18-30-48)61(41-65,73-60)34-43-19-7-1-8-20-43/h1-33,35,55-57,60,65H,34,36-42H2/t55-,56-,57+,60-,61-/m1/s1. The lowest BCUT2D eigenvalue weighted by molar-refractivity contribution is -0.325. The first kappa shape index (κ1) is 49.6. The van der Waals surface area contributed by atoms with Gasteiger partial charge >= 0.3 is 0 Å². The highest BCUT2D eigenvalue weighted by Crippen LogP contribution is 2.46. The van der Waals surface area contributed by atoms with Gasteiger partial charge in [0.05, 0.1) is 48.6 Å². The Kier molecular flexibility index (Phi) is 15.8. The first-order valence-corrected chi connectivity index (χ1v) is 25.2. The van der Waals surface area contributed by atoms with Gasteiger partial charge in [0.15, 0.2) is 6.23 Å². The highest BCUT2D eigenvalue weighted by atomic mass is 79.9. The predicted octanol–water partition coefficient (Wildman–Crippen LogP) is 11.1. The van der Waals surface area contributed by atoms with Crippen molar-refractivity contribution in [2.45, 2.75) is 69.6 Å². The van der Waals surface area contributed by atoms with Crippen LogP contribution in [-0.4, -0.2) is 63.6 Å². The fraction of sp³-hybridized carbons (Fsp3) is 0.213. The number of ether oxygens (including phenoxy) is 6. The molecule has 370 valence electrons. The van der Waals surface area contributed by atoms with Crippen LogP contribution in [0.1, 0.15) is 45.2 Å². The van der Waals surface area contributed by atoms with Crippen molar-refractivity contribution >= 4 is 44.2 Å². The molecular weight excluding hydrogens is 985 g/mol. The molecule has 2 amide bonds. The summed E-state index contributed by atoms with van der Waals surface area (Å²) in [7, 11) is 0. The van der Waals surface area contributed by atoms with Gasteiger partial charge in [0.1, 0.15) is 43.0 Å². The van der Waals surface area contributed by atoms with E-state index < -0.39 is 48.6 Å². The zero-order valence-electron chi connectivity index (χ0n) is 40.1. The number of carbonyl (C=O) groups is 2. The van der Waals surface area contributed by atoms with Gasteiger partial charge in [-0.05, 0) is 67.5 Å². The van der Waals surface area contributed by atoms with Crippen LogP contribution < -0.4 is 4.74 Å². The molecule has 0 spiro atoms. The van der Waals surface area contributed by atoms with E-state index in [1.807, 2.05) is 211 Å². The van der Waals surface area contributed by atoms with Crippen LogP contribution in [0.15, 0.2) is 211 Å². The van der Waals surface area contributed by atoms with Crippen molar-refractivity contribution in [2.75, 3.05) is 13.3 Å². The molecule has 0 unspecified atom stereocenters. The van der Waals surface area contributed by atoms with Crippen LogP contribution in [0.25, 0.3) is 16.5 Å². The number of hydrogen-bond donors (Lipinski definition) is 1. The quantitative estimate of drug-likeness (QED) is 0.0702. The van der Waals surface area contributed by atoms with Crippen LogP contribution in [-0.2, 0) is 72.7 Å². The molecule has 0 radical (unpaired) electrons. The minimum Gasteiger partial charge on any atom is -0.489 e. The lowest BCUT2D eigenvalue weighted by atomic mass is 9.81. The van der Waals surface area contributed by atoms with Crippen molar-refractivity contribution in [3.8, 4) is 5.75 Å². The van der Waals surface area contributed by atoms with Gasteiger partial charge in [-0.15, -0.1) is 0 Å². The van der Waals surface area contributed by atoms with Gasteiger partial charge < -0.3 is 38.1 Å². The van der Waals surface area contributed by atoms with E-state index >= 15 is 0 Å². The van der Waals surface area contributed by atoms with Crippen molar-refractivity contribution < 1.29 is 43.1 Å². The summed E-state index contributed by atoms with van der Waals surface area (Å²) in [5.74, 6) is -0.521. The van der Waals surface area contributed by atoms with E-state index in [-0.39, 0.29) is 49.6 Å². The third kappa shape index (κ3) is 11.3. The number of imide groups is 1. The summed E-state index contributed by atoms with van der Waals surface area (Å²) >= 11 is 3.57. The van der Waals surface area contributed by atoms with Gasteiger partial charge in [0.25, 0.3) is 11.8 Å². The highest BCUT2D eigenvalue weighted by Gasteiger charge is 2.57. The molecule has 2 aliphatic rings. The Morgan fingerprint density at radius 1 is 0.548 bits per heavy atom. The molecule has 73 heavy (non-hydrogen) atoms. The molecule has 1 N–H and O–H groups in total. The van der Waals surface area contributed by atoms with Crippen LogP contribution in [0.5, 0.6) is 5.75 Å². The topological polar surface area (TPSA) is 118 Å². The number of aromatic nitrogens is 1. The summed E-state index contributed by atoms with van der Waals surface area (Å²) in [6.45, 7) is 0.341. The van der Waals surface area contributed by atoms with Gasteiger partial charge in [-0.3, -0.25) is 9.59 Å². The number of halogens is 1. The molecule has 5 atom stereocenters. The molecule has 12 heteroatoms. The Morgan fingerprint density at radius 2 is 1.03 bits per heavy atom. The molecule has 2 aliphatic heterocycles. The van der Waals surface area contributed by atoms with Crippen molar-refractivity contribution in [3.05, 3.63) is 250 Å². The third-order valence-corrected chi connectivity index (χ3v) is 14.0. The van der Waals surface area contributed by atoms with Crippen LogP contribution in [0.3, 0.4) is 0 Å². The minimum atomic E-state index is -1.43. The molecule has 10 rings (SSSR count). The maximum atomic E-state index is 14.7. The Bertz CT molecular complexity index is 3120. The van der Waals surface area contributed by atoms with Crippen molar-refractivity contribution in [3.63, 3.8) is 0 Å². The van der Waals surface area contributed by atoms with E-state index in [2.05, 4.69) is 15.9 Å². The molecule has 0 saturated carbocycles. The maximum absolute atomic E-state index is 14.7. The minimum absolute atomic E-state index is 0.0872. The molecule has 1 aromatic heterocycles. The van der Waals surface area contributed by atoms with E-state index in [4.69, 9.17) is 28.4 Å². The number of aliphatic hydroxyl groups is 1. The molecule has 0 aliphatic carbocycles. The largest absolute Gasteiger partial charge is 0.489 e. The van der Waals surface area contributed by atoms with Gasteiger partial charge in [-0.1, -0.05) is 182 Å². The number of carbonyl (C=O) groups excluding carboxylic acids is 2. The Hall–Kier alpha value is -7.00. The summed E-state index contributed by atoms with van der Waals surface area (Å²) in [4.78, 5) is 29.9. The van der Waals surface area contributed by atoms with E-state index in [9.17, 15) is 14.7 Å². The first-order chi connectivity index (χ1) is 35.9. The van der Waals surface area contributed by atoms with Gasteiger partial charge in [-0.2, -0.15) is 0 Å². The molecule has 3 heterocycles. The third-order valence-electron chi connectivity index (χ3n) is 13.3. The molecule has 1 fully saturated rings. The van der Waals surface area contributed by atoms with Crippen LogP contribution in [0.2, 0.25) is 0 Å². The number of hydrogen-bond acceptors (Lipinski definition) is 9. The number of rotatable bonds is 21. The van der Waals surface area contributed by atoms with E-state index in [0.29, 0.717) is 28.8 Å². The SMILES string of the molecule is O=C1C(Br)=C(c2cn([C@@H]3O[C@@](CO)(Cc4ccccc4)[C@@H](OCc4ccccc4)[C@H](OCc4ccccc4)[C@H]3OCc3ccccc3)c3ccc(OCc4ccccc4)cc23)C(=O)N1COCc1ccccc1. The number of amides is 2. The molecule has 8 aromatic rings. The second-order valence-electron chi connectivity index (χ2n) is 18.2. The maximum Gasteiger partial charge on any atom is 0.270 e. The number of aliphatic hydroxyl groups excluding tert-OH is 1. The molecule has 7 aromatic carbocycles. The monoisotopic (exact) mass is 1040 g/mol. The zero-order valence-corrected chi connectivity index (χ0v) is 41.7. The van der Waals surface area contributed by atoms with Gasteiger partial charge in [0.2, 0.25) is 0 Å². The fourth-order valence-electron chi connectivity index (χ4n) is 9.59. The average Bonchev–Trinajstić information content (AvgIpc) is 3.91. The second-order valence-corrected chi connectivity index (χ2v) is 19.0. The van der Waals surface area contributed by atoms with Crippen LogP contribution in [0, 0.1) is 0 Å². The smallest absolute Gasteiger partial charge is 0.270 e. The number of fused-ring (bicyclic) bond motifs is 1. The van der Waals surface area contributed by atoms with E-state index in [1.54, 1.807) is 0 Å². The highest BCUT2D eigenvalue weighted by molar-refractivity contribution is 9.12. The lowest BCUT2D eigenvalue weighted by Gasteiger charge is -2.52. The van der Waals surface area contributed by atoms with Gasteiger partial charge in [0, 0.05) is 23.6 Å². The summed E-state index contributed by atoms with van der Waals surface area (Å²) in [6.07, 6.45) is -1.63. The van der Waals surface area contributed by atoms with Crippen LogP contribution in [0.4, 0.5) is 0 Å². The first-order valence-electron chi connectivity index (χ1n) is 24.4. The lowest BCUT2D eigenvalue weighted by Crippen LogP contribution is -2.67. The normalized spacial score (nSPS) is 20.0. The summed E-state index contributed by atoms with van der Waals surface area (Å²) < 4.78 is 43.3. The fourth-order valence-corrected chi connectivity index (χ4v) is 10.2. The van der Waals surface area contributed by atoms with Crippen molar-refractivity contribution in [1.29, 1.82) is 0 Å². The van der Waals surface area contributed by atoms with Crippen molar-refractivity contribution in [1.82, 2.24) is 9.47 Å². The van der Waals surface area contributed by atoms with Gasteiger partial charge in [-0.25, -0.2) is 4.90 Å². The van der Waals surface area contributed by atoms with Crippen LogP contribution >= 0.6 is 15.9 Å². The summed E-state index contributed by atoms with van der Waals surface area (Å²) in [6, 6.07) is 64.6. The second kappa shape index (κ2) is 23.3. The predicted molar refractivity (Wildman–Crippen MR) is 282 cm³/mol. The Morgan fingerprint density at radius 3 is 1.56 bits per heavy atom. The molecule has 11 nitrogen and oxygen atoms in total. The van der Waals surface area contributed by atoms with E-state index in [1.165, 1.54) is 0 Å². The average molecular weight is 1040 g/mol. The number of nitrogens with zero attached hydrogens (tertiary/aromatic N) is 2. The number of benzene rings is 7. The zero-order chi connectivity index (χ0) is 50.0. The molecular formula is C61H55BrN2O9. The Labute approximate surface area is 433 Å². The summed E-state index contributed by atoms with van der Waals surface area (Å²) in [5, 5.41) is 12.7. The van der Waals surface area contributed by atoms with Crippen molar-refractivity contribution in [2.24, 2.45) is 0 Å². The summed E-state index contributed by atoms with van der Waals surface area (Å²) in [5.41, 5.74) is 5.38.